The quantitative estimate of drug-likeness (QED) is 0.705. The lowest BCUT2D eigenvalue weighted by Crippen LogP contribution is -2.32. The molecule has 0 bridgehead atoms. The van der Waals surface area contributed by atoms with Crippen LogP contribution >= 0.6 is 0 Å². The first-order valence-corrected chi connectivity index (χ1v) is 8.53. The van der Waals surface area contributed by atoms with Crippen molar-refractivity contribution in [3.63, 3.8) is 0 Å². The highest BCUT2D eigenvalue weighted by Crippen LogP contribution is 2.32. The van der Waals surface area contributed by atoms with E-state index in [0.717, 1.165) is 12.1 Å². The Balaban J connectivity index is 2.10. The summed E-state index contributed by atoms with van der Waals surface area (Å²) in [6.45, 7) is -0.306. The Bertz CT molecular complexity index is 923. The van der Waals surface area contributed by atoms with E-state index in [-0.39, 0.29) is 29.9 Å². The largest absolute Gasteiger partial charge is 0.452 e. The van der Waals surface area contributed by atoms with Crippen LogP contribution in [-0.2, 0) is 15.7 Å². The van der Waals surface area contributed by atoms with Crippen LogP contribution in [-0.4, -0.2) is 37.0 Å². The molecule has 1 amide bonds. The van der Waals surface area contributed by atoms with E-state index < -0.39 is 30.2 Å². The molecule has 0 saturated heterocycles. The summed E-state index contributed by atoms with van der Waals surface area (Å²) in [4.78, 5) is 25.5. The molecule has 29 heavy (non-hydrogen) atoms. The summed E-state index contributed by atoms with van der Waals surface area (Å²) in [5.41, 5.74) is -0.375. The molecule has 0 heterocycles. The van der Waals surface area contributed by atoms with E-state index in [1.807, 2.05) is 6.07 Å². The number of nitrogens with zero attached hydrogens (tertiary/aromatic N) is 2. The van der Waals surface area contributed by atoms with E-state index in [9.17, 15) is 22.8 Å². The van der Waals surface area contributed by atoms with Crippen molar-refractivity contribution in [2.24, 2.45) is 0 Å². The normalized spacial score (nSPS) is 10.7. The molecular formula is C20H18F3N3O3. The number of rotatable bonds is 7. The predicted molar refractivity (Wildman–Crippen MR) is 99.3 cm³/mol. The summed E-state index contributed by atoms with van der Waals surface area (Å²) in [6.07, 6.45) is -4.34. The second-order valence-corrected chi connectivity index (χ2v) is 6.05. The molecule has 0 atom stereocenters. The van der Waals surface area contributed by atoms with Crippen LogP contribution in [0.4, 0.5) is 24.5 Å². The number of ether oxygens (including phenoxy) is 1. The number of nitrogens with one attached hydrogen (secondary N) is 1. The topological polar surface area (TPSA) is 82.4 Å². The molecule has 0 aliphatic rings. The number of carbonyl (C=O) groups is 2. The van der Waals surface area contributed by atoms with Crippen LogP contribution in [0.5, 0.6) is 0 Å². The average Bonchev–Trinajstić information content (AvgIpc) is 2.70. The third kappa shape index (κ3) is 6.24. The molecule has 2 aromatic rings. The van der Waals surface area contributed by atoms with Crippen molar-refractivity contribution in [3.8, 4) is 6.07 Å². The minimum Gasteiger partial charge on any atom is -0.452 e. The lowest BCUT2D eigenvalue weighted by atomic mass is 10.1. The van der Waals surface area contributed by atoms with Crippen molar-refractivity contribution < 1.29 is 27.5 Å². The number of nitriles is 1. The van der Waals surface area contributed by atoms with Gasteiger partial charge in [0.15, 0.2) is 6.61 Å². The van der Waals surface area contributed by atoms with Gasteiger partial charge in [-0.05, 0) is 30.3 Å². The van der Waals surface area contributed by atoms with E-state index in [0.29, 0.717) is 0 Å². The molecule has 0 fully saturated rings. The molecule has 152 valence electrons. The molecule has 1 N–H and O–H groups in total. The maximum Gasteiger partial charge on any atom is 0.416 e. The minimum atomic E-state index is -4.49. The first kappa shape index (κ1) is 21.8. The van der Waals surface area contributed by atoms with E-state index in [1.54, 1.807) is 12.1 Å². The number of esters is 1. The lowest BCUT2D eigenvalue weighted by molar-refractivity contribution is -0.137. The molecule has 2 aromatic carbocycles. The van der Waals surface area contributed by atoms with Crippen molar-refractivity contribution in [2.75, 3.05) is 25.5 Å². The van der Waals surface area contributed by atoms with Gasteiger partial charge in [0.1, 0.15) is 0 Å². The minimum absolute atomic E-state index is 0.0670. The highest BCUT2D eigenvalue weighted by molar-refractivity contribution is 5.97. The Morgan fingerprint density at radius 1 is 1.17 bits per heavy atom. The predicted octanol–water partition coefficient (Wildman–Crippen LogP) is 3.98. The van der Waals surface area contributed by atoms with Crippen LogP contribution < -0.4 is 5.32 Å². The second kappa shape index (κ2) is 9.59. The second-order valence-electron chi connectivity index (χ2n) is 6.05. The fourth-order valence-electron chi connectivity index (χ4n) is 2.36. The highest BCUT2D eigenvalue weighted by Gasteiger charge is 2.30. The van der Waals surface area contributed by atoms with E-state index in [4.69, 9.17) is 10.00 Å². The van der Waals surface area contributed by atoms with Gasteiger partial charge in [0.25, 0.3) is 5.91 Å². The SMILES string of the molecule is CN(CCC#N)C(=O)COC(=O)c1ccccc1Nc1cccc(C(F)(F)F)c1. The van der Waals surface area contributed by atoms with Crippen molar-refractivity contribution in [3.05, 3.63) is 59.7 Å². The summed E-state index contributed by atoms with van der Waals surface area (Å²) < 4.78 is 43.6. The zero-order valence-electron chi connectivity index (χ0n) is 15.5. The standard InChI is InChI=1S/C20H18F3N3O3/c1-26(11-5-10-24)18(27)13-29-19(28)16-8-2-3-9-17(16)25-15-7-4-6-14(12-15)20(21,22)23/h2-4,6-9,12,25H,5,11,13H2,1H3. The Morgan fingerprint density at radius 2 is 1.90 bits per heavy atom. The number of anilines is 2. The third-order valence-electron chi connectivity index (χ3n) is 3.93. The Morgan fingerprint density at radius 3 is 2.59 bits per heavy atom. The number of likely N-dealkylation sites (N-methyl/N-ethyl adjacent to an activating group) is 1. The summed E-state index contributed by atoms with van der Waals surface area (Å²) in [7, 11) is 1.48. The molecule has 0 aliphatic carbocycles. The first-order chi connectivity index (χ1) is 13.7. The van der Waals surface area contributed by atoms with Crippen LogP contribution in [0.25, 0.3) is 0 Å². The number of carbonyl (C=O) groups excluding carboxylic acids is 2. The van der Waals surface area contributed by atoms with Gasteiger partial charge in [0.05, 0.1) is 29.3 Å². The fourth-order valence-corrected chi connectivity index (χ4v) is 2.36. The fraction of sp³-hybridized carbons (Fsp3) is 0.250. The number of para-hydroxylation sites is 1. The smallest absolute Gasteiger partial charge is 0.416 e. The molecule has 6 nitrogen and oxygen atoms in total. The van der Waals surface area contributed by atoms with Gasteiger partial charge in [-0.25, -0.2) is 4.79 Å². The van der Waals surface area contributed by atoms with Gasteiger partial charge >= 0.3 is 12.1 Å². The number of alkyl halides is 3. The van der Waals surface area contributed by atoms with Crippen LogP contribution in [0.15, 0.2) is 48.5 Å². The van der Waals surface area contributed by atoms with Gasteiger partial charge in [-0.2, -0.15) is 18.4 Å². The number of amides is 1. The monoisotopic (exact) mass is 405 g/mol. The highest BCUT2D eigenvalue weighted by atomic mass is 19.4. The average molecular weight is 405 g/mol. The number of hydrogen-bond acceptors (Lipinski definition) is 5. The van der Waals surface area contributed by atoms with Gasteiger partial charge in [0.2, 0.25) is 0 Å². The van der Waals surface area contributed by atoms with Crippen LogP contribution in [0, 0.1) is 11.3 Å². The number of halogens is 3. The van der Waals surface area contributed by atoms with E-state index in [1.165, 1.54) is 36.2 Å². The molecular weight excluding hydrogens is 387 g/mol. The van der Waals surface area contributed by atoms with Gasteiger partial charge < -0.3 is 15.0 Å². The van der Waals surface area contributed by atoms with Crippen molar-refractivity contribution in [1.29, 1.82) is 5.26 Å². The molecule has 0 spiro atoms. The maximum absolute atomic E-state index is 12.9. The summed E-state index contributed by atoms with van der Waals surface area (Å²) in [5, 5.41) is 11.3. The van der Waals surface area contributed by atoms with Crippen molar-refractivity contribution in [1.82, 2.24) is 4.90 Å². The summed E-state index contributed by atoms with van der Waals surface area (Å²) >= 11 is 0. The number of benzene rings is 2. The molecule has 9 heteroatoms. The van der Waals surface area contributed by atoms with Gasteiger partial charge in [-0.1, -0.05) is 18.2 Å². The first-order valence-electron chi connectivity index (χ1n) is 8.53. The third-order valence-corrected chi connectivity index (χ3v) is 3.93. The van der Waals surface area contributed by atoms with E-state index in [2.05, 4.69) is 5.32 Å². The van der Waals surface area contributed by atoms with Gasteiger partial charge in [-0.15, -0.1) is 0 Å². The summed E-state index contributed by atoms with van der Waals surface area (Å²) in [6, 6.07) is 12.6. The maximum atomic E-state index is 12.9. The van der Waals surface area contributed by atoms with Gasteiger partial charge in [0, 0.05) is 19.3 Å². The van der Waals surface area contributed by atoms with Crippen LogP contribution in [0.3, 0.4) is 0 Å². The molecule has 2 rings (SSSR count). The zero-order valence-corrected chi connectivity index (χ0v) is 15.5. The van der Waals surface area contributed by atoms with Crippen LogP contribution in [0.2, 0.25) is 0 Å². The molecule has 0 radical (unpaired) electrons. The zero-order chi connectivity index (χ0) is 21.4. The summed E-state index contributed by atoms with van der Waals surface area (Å²) in [5.74, 6) is -1.28. The molecule has 0 saturated carbocycles. The molecule has 0 aliphatic heterocycles. The Hall–Kier alpha value is -3.54. The van der Waals surface area contributed by atoms with Gasteiger partial charge in [-0.3, -0.25) is 4.79 Å². The van der Waals surface area contributed by atoms with Crippen molar-refractivity contribution >= 4 is 23.3 Å². The van der Waals surface area contributed by atoms with Crippen molar-refractivity contribution in [2.45, 2.75) is 12.6 Å². The molecule has 0 unspecified atom stereocenters. The molecule has 0 aromatic heterocycles. The van der Waals surface area contributed by atoms with E-state index >= 15 is 0 Å². The lowest BCUT2D eigenvalue weighted by Gasteiger charge is -2.16. The Kier molecular flexibility index (Phi) is 7.20. The number of hydrogen-bond donors (Lipinski definition) is 1. The van der Waals surface area contributed by atoms with Crippen LogP contribution in [0.1, 0.15) is 22.3 Å². The Labute approximate surface area is 165 Å².